The van der Waals surface area contributed by atoms with Crippen molar-refractivity contribution in [1.82, 2.24) is 14.2 Å². The molecule has 1 unspecified atom stereocenters. The lowest BCUT2D eigenvalue weighted by atomic mass is 10.2. The van der Waals surface area contributed by atoms with Gasteiger partial charge in [-0.25, -0.2) is 18.2 Å². The van der Waals surface area contributed by atoms with Crippen molar-refractivity contribution in [3.05, 3.63) is 52.5 Å². The minimum atomic E-state index is -3.78. The number of amides is 2. The molecule has 0 radical (unpaired) electrons. The number of rotatable bonds is 7. The van der Waals surface area contributed by atoms with Crippen LogP contribution in [0.5, 0.6) is 0 Å². The normalized spacial score (nSPS) is 18.4. The second-order valence-corrected chi connectivity index (χ2v) is 13.1. The van der Waals surface area contributed by atoms with Gasteiger partial charge in [0.15, 0.2) is 5.13 Å². The van der Waals surface area contributed by atoms with E-state index < -0.39 is 16.1 Å². The number of nitrogens with zero attached hydrogens (tertiary/aromatic N) is 4. The van der Waals surface area contributed by atoms with Crippen molar-refractivity contribution in [2.24, 2.45) is 0 Å². The largest absolute Gasteiger partial charge is 0.450 e. The number of aromatic nitrogens is 1. The minimum absolute atomic E-state index is 0.0828. The number of piperazine rings is 1. The number of thiazole rings is 1. The molecule has 2 saturated heterocycles. The Hall–Kier alpha value is -2.58. The summed E-state index contributed by atoms with van der Waals surface area (Å²) >= 11 is 4.91. The fourth-order valence-corrected chi connectivity index (χ4v) is 7.59. The standard InChI is InChI=1S/C26H29BrN4O6S2/c1-2-36-26(33)29-11-13-30(14-12-29)39(34,35)21-8-5-18(6-9-21)24(32)31(17-20-4-3-15-37-20)25-28-22-10-7-19(27)16-23(22)38-25/h5-10,16,20H,2-4,11-15,17H2,1H3. The van der Waals surface area contributed by atoms with Gasteiger partial charge in [-0.3, -0.25) is 9.69 Å². The molecule has 0 bridgehead atoms. The van der Waals surface area contributed by atoms with Gasteiger partial charge in [0.2, 0.25) is 10.0 Å². The Morgan fingerprint density at radius 3 is 2.56 bits per heavy atom. The molecule has 0 aliphatic carbocycles. The van der Waals surface area contributed by atoms with Gasteiger partial charge in [0.25, 0.3) is 5.91 Å². The SMILES string of the molecule is CCOC(=O)N1CCN(S(=O)(=O)c2ccc(C(=O)N(CC3CCCO3)c3nc4ccc(Br)cc4s3)cc2)CC1. The van der Waals surface area contributed by atoms with Gasteiger partial charge in [-0.05, 0) is 62.2 Å². The molecule has 2 amide bonds. The second kappa shape index (κ2) is 11.9. The molecule has 10 nitrogen and oxygen atoms in total. The number of hydrogen-bond acceptors (Lipinski definition) is 8. The molecule has 3 aromatic rings. The van der Waals surface area contributed by atoms with Crippen molar-refractivity contribution in [3.8, 4) is 0 Å². The first kappa shape index (κ1) is 28.0. The van der Waals surface area contributed by atoms with Gasteiger partial charge < -0.3 is 14.4 Å². The number of ether oxygens (including phenoxy) is 2. The number of anilines is 1. The molecule has 0 saturated carbocycles. The van der Waals surface area contributed by atoms with Crippen LogP contribution in [0.2, 0.25) is 0 Å². The molecule has 208 valence electrons. The Morgan fingerprint density at radius 1 is 1.15 bits per heavy atom. The predicted octanol–water partition coefficient (Wildman–Crippen LogP) is 4.35. The van der Waals surface area contributed by atoms with Crippen molar-refractivity contribution >= 4 is 64.6 Å². The maximum absolute atomic E-state index is 13.7. The van der Waals surface area contributed by atoms with E-state index in [9.17, 15) is 18.0 Å². The third-order valence-corrected chi connectivity index (χ3v) is 10.2. The Kier molecular flexibility index (Phi) is 8.52. The van der Waals surface area contributed by atoms with E-state index in [0.29, 0.717) is 23.8 Å². The molecule has 5 rings (SSSR count). The second-order valence-electron chi connectivity index (χ2n) is 9.27. The van der Waals surface area contributed by atoms with Gasteiger partial charge in [0.1, 0.15) is 0 Å². The summed E-state index contributed by atoms with van der Waals surface area (Å²) in [5.74, 6) is -0.268. The summed E-state index contributed by atoms with van der Waals surface area (Å²) in [6.07, 6.45) is 1.28. The quantitative estimate of drug-likeness (QED) is 0.379. The van der Waals surface area contributed by atoms with Crippen LogP contribution in [0.15, 0.2) is 51.8 Å². The van der Waals surface area contributed by atoms with Crippen molar-refractivity contribution in [1.29, 1.82) is 0 Å². The summed E-state index contributed by atoms with van der Waals surface area (Å²) in [6, 6.07) is 11.8. The van der Waals surface area contributed by atoms with Gasteiger partial charge in [0, 0.05) is 42.8 Å². The topological polar surface area (TPSA) is 109 Å². The molecule has 2 aliphatic heterocycles. The zero-order valence-corrected chi connectivity index (χ0v) is 24.6. The fourth-order valence-electron chi connectivity index (χ4n) is 4.64. The van der Waals surface area contributed by atoms with E-state index in [4.69, 9.17) is 14.5 Å². The number of benzene rings is 2. The molecule has 0 spiro atoms. The van der Waals surface area contributed by atoms with Crippen LogP contribution in [0.3, 0.4) is 0 Å². The van der Waals surface area contributed by atoms with Crippen LogP contribution in [0.1, 0.15) is 30.1 Å². The molecular weight excluding hydrogens is 608 g/mol. The van der Waals surface area contributed by atoms with Crippen molar-refractivity contribution < 1.29 is 27.5 Å². The highest BCUT2D eigenvalue weighted by Gasteiger charge is 2.31. The summed E-state index contributed by atoms with van der Waals surface area (Å²) in [4.78, 5) is 33.6. The van der Waals surface area contributed by atoms with Crippen LogP contribution in [-0.2, 0) is 19.5 Å². The molecule has 1 aromatic heterocycles. The summed E-state index contributed by atoms with van der Waals surface area (Å²) in [7, 11) is -3.78. The van der Waals surface area contributed by atoms with Gasteiger partial charge in [0.05, 0.1) is 34.4 Å². The fraction of sp³-hybridized carbons (Fsp3) is 0.423. The Morgan fingerprint density at radius 2 is 1.90 bits per heavy atom. The molecular formula is C26H29BrN4O6S2. The van der Waals surface area contributed by atoms with Crippen molar-refractivity contribution in [3.63, 3.8) is 0 Å². The molecule has 1 atom stereocenters. The molecule has 39 heavy (non-hydrogen) atoms. The van der Waals surface area contributed by atoms with E-state index in [1.165, 1.54) is 44.8 Å². The highest BCUT2D eigenvalue weighted by molar-refractivity contribution is 9.10. The highest BCUT2D eigenvalue weighted by atomic mass is 79.9. The number of carbonyl (C=O) groups is 2. The lowest BCUT2D eigenvalue weighted by molar-refractivity contribution is 0.0916. The summed E-state index contributed by atoms with van der Waals surface area (Å²) in [6.45, 7) is 3.88. The predicted molar refractivity (Wildman–Crippen MR) is 152 cm³/mol. The maximum atomic E-state index is 13.7. The van der Waals surface area contributed by atoms with Crippen LogP contribution in [0, 0.1) is 0 Å². The molecule has 2 fully saturated rings. The van der Waals surface area contributed by atoms with Crippen molar-refractivity contribution in [2.45, 2.75) is 30.8 Å². The lowest BCUT2D eigenvalue weighted by Crippen LogP contribution is -2.50. The van der Waals surface area contributed by atoms with E-state index in [0.717, 1.165) is 27.5 Å². The third kappa shape index (κ3) is 6.12. The van der Waals surface area contributed by atoms with E-state index >= 15 is 0 Å². The molecule has 2 aliphatic rings. The highest BCUT2D eigenvalue weighted by Crippen LogP contribution is 2.33. The zero-order chi connectivity index (χ0) is 27.6. The Bertz CT molecular complexity index is 1450. The number of fused-ring (bicyclic) bond motifs is 1. The van der Waals surface area contributed by atoms with Crippen LogP contribution in [-0.4, -0.2) is 86.6 Å². The van der Waals surface area contributed by atoms with Gasteiger partial charge in [-0.15, -0.1) is 0 Å². The summed E-state index contributed by atoms with van der Waals surface area (Å²) < 4.78 is 40.6. The average Bonchev–Trinajstić information content (AvgIpc) is 3.61. The molecule has 2 aromatic carbocycles. The monoisotopic (exact) mass is 636 g/mol. The van der Waals surface area contributed by atoms with Crippen LogP contribution >= 0.6 is 27.3 Å². The first-order chi connectivity index (χ1) is 18.8. The number of halogens is 1. The van der Waals surface area contributed by atoms with Gasteiger partial charge >= 0.3 is 6.09 Å². The molecule has 3 heterocycles. The van der Waals surface area contributed by atoms with Crippen LogP contribution in [0.25, 0.3) is 10.2 Å². The third-order valence-electron chi connectivity index (χ3n) is 6.73. The van der Waals surface area contributed by atoms with Crippen LogP contribution < -0.4 is 4.90 Å². The van der Waals surface area contributed by atoms with Crippen LogP contribution in [0.4, 0.5) is 9.93 Å². The van der Waals surface area contributed by atoms with Gasteiger partial charge in [-0.1, -0.05) is 27.3 Å². The zero-order valence-electron chi connectivity index (χ0n) is 21.4. The first-order valence-electron chi connectivity index (χ1n) is 12.8. The minimum Gasteiger partial charge on any atom is -0.450 e. The summed E-state index contributed by atoms with van der Waals surface area (Å²) in [5.41, 5.74) is 1.16. The Balaban J connectivity index is 1.34. The number of hydrogen-bond donors (Lipinski definition) is 0. The Labute approximate surface area is 239 Å². The van der Waals surface area contributed by atoms with E-state index in [1.54, 1.807) is 11.8 Å². The smallest absolute Gasteiger partial charge is 0.409 e. The molecule has 13 heteroatoms. The average molecular weight is 638 g/mol. The number of carbonyl (C=O) groups excluding carboxylic acids is 2. The first-order valence-corrected chi connectivity index (χ1v) is 15.8. The maximum Gasteiger partial charge on any atom is 0.409 e. The van der Waals surface area contributed by atoms with E-state index in [-0.39, 0.29) is 49.7 Å². The van der Waals surface area contributed by atoms with E-state index in [1.807, 2.05) is 18.2 Å². The molecule has 0 N–H and O–H groups in total. The number of sulfonamides is 1. The van der Waals surface area contributed by atoms with E-state index in [2.05, 4.69) is 15.9 Å². The van der Waals surface area contributed by atoms with Gasteiger partial charge in [-0.2, -0.15) is 4.31 Å². The summed E-state index contributed by atoms with van der Waals surface area (Å²) in [5, 5.41) is 0.569. The van der Waals surface area contributed by atoms with Crippen molar-refractivity contribution in [2.75, 3.05) is 50.8 Å². The lowest BCUT2D eigenvalue weighted by Gasteiger charge is -2.33.